The Morgan fingerprint density at radius 2 is 1.93 bits per heavy atom. The first-order valence-corrected chi connectivity index (χ1v) is 9.93. The maximum Gasteiger partial charge on any atom is 0.253 e. The monoisotopic (exact) mass is 386 g/mol. The van der Waals surface area contributed by atoms with Gasteiger partial charge in [-0.05, 0) is 48.7 Å². The molecule has 1 unspecified atom stereocenters. The van der Waals surface area contributed by atoms with Crippen LogP contribution < -0.4 is 0 Å². The Balaban J connectivity index is 1.30. The Labute approximate surface area is 168 Å². The third-order valence-electron chi connectivity index (χ3n) is 5.52. The molecule has 0 N–H and O–H groups in total. The molecule has 5 rings (SSSR count). The normalized spacial score (nSPS) is 17.0. The Morgan fingerprint density at radius 1 is 1.03 bits per heavy atom. The number of nitrogens with zero attached hydrogens (tertiary/aromatic N) is 6. The quantitative estimate of drug-likeness (QED) is 0.541. The van der Waals surface area contributed by atoms with Gasteiger partial charge in [-0.15, -0.1) is 10.2 Å². The van der Waals surface area contributed by atoms with Crippen LogP contribution in [0, 0.1) is 0 Å². The number of likely N-dealkylation sites (tertiary alicyclic amines) is 1. The van der Waals surface area contributed by atoms with Crippen LogP contribution in [-0.4, -0.2) is 48.3 Å². The highest BCUT2D eigenvalue weighted by Crippen LogP contribution is 2.27. The van der Waals surface area contributed by atoms with E-state index in [0.29, 0.717) is 13.1 Å². The number of hydrogen-bond donors (Lipinski definition) is 0. The van der Waals surface area contributed by atoms with Gasteiger partial charge in [0.15, 0.2) is 5.65 Å². The first-order chi connectivity index (χ1) is 14.3. The molecule has 4 aromatic rings. The molecule has 29 heavy (non-hydrogen) atoms. The standard InChI is InChI=1S/C22H22N6O/c29-22(18-9-7-17(8-10-18)15-27-13-4-11-23-27)26-12-3-5-19(16-26)21-25-24-20-6-1-2-14-28(20)21/h1-2,4,6-11,13-14,19H,3,5,12,15-16H2. The molecule has 7 nitrogen and oxygen atoms in total. The summed E-state index contributed by atoms with van der Waals surface area (Å²) in [5, 5.41) is 12.9. The molecule has 0 bridgehead atoms. The number of aromatic nitrogens is 5. The van der Waals surface area contributed by atoms with Crippen molar-refractivity contribution in [2.45, 2.75) is 25.3 Å². The molecule has 1 saturated heterocycles. The van der Waals surface area contributed by atoms with Gasteiger partial charge in [-0.1, -0.05) is 18.2 Å². The highest BCUT2D eigenvalue weighted by Gasteiger charge is 2.28. The van der Waals surface area contributed by atoms with Gasteiger partial charge in [0.2, 0.25) is 0 Å². The molecule has 0 spiro atoms. The summed E-state index contributed by atoms with van der Waals surface area (Å²) in [6.07, 6.45) is 7.67. The van der Waals surface area contributed by atoms with Crippen molar-refractivity contribution >= 4 is 11.6 Å². The first-order valence-electron chi connectivity index (χ1n) is 9.93. The fourth-order valence-corrected chi connectivity index (χ4v) is 4.03. The second kappa shape index (κ2) is 7.50. The summed E-state index contributed by atoms with van der Waals surface area (Å²) < 4.78 is 3.90. The lowest BCUT2D eigenvalue weighted by Gasteiger charge is -2.32. The minimum absolute atomic E-state index is 0.0779. The van der Waals surface area contributed by atoms with Gasteiger partial charge in [0.05, 0.1) is 6.54 Å². The van der Waals surface area contributed by atoms with Crippen LogP contribution in [0.2, 0.25) is 0 Å². The Hall–Kier alpha value is -3.48. The van der Waals surface area contributed by atoms with Gasteiger partial charge in [-0.2, -0.15) is 5.10 Å². The van der Waals surface area contributed by atoms with E-state index >= 15 is 0 Å². The summed E-state index contributed by atoms with van der Waals surface area (Å²) in [6.45, 7) is 2.15. The molecule has 4 heterocycles. The number of amides is 1. The van der Waals surface area contributed by atoms with E-state index in [0.717, 1.165) is 42.0 Å². The molecule has 7 heteroatoms. The lowest BCUT2D eigenvalue weighted by Crippen LogP contribution is -2.39. The fraction of sp³-hybridized carbons (Fsp3) is 0.273. The zero-order valence-corrected chi connectivity index (χ0v) is 16.1. The molecule has 1 fully saturated rings. The Kier molecular flexibility index (Phi) is 4.56. The molecule has 0 radical (unpaired) electrons. The number of carbonyl (C=O) groups is 1. The van der Waals surface area contributed by atoms with Crippen molar-refractivity contribution in [2.24, 2.45) is 0 Å². The number of pyridine rings is 1. The van der Waals surface area contributed by atoms with Crippen LogP contribution in [0.3, 0.4) is 0 Å². The third kappa shape index (κ3) is 3.51. The van der Waals surface area contributed by atoms with Crippen molar-refractivity contribution in [2.75, 3.05) is 13.1 Å². The smallest absolute Gasteiger partial charge is 0.253 e. The number of rotatable bonds is 4. The van der Waals surface area contributed by atoms with Crippen LogP contribution in [0.25, 0.3) is 5.65 Å². The molecule has 1 aromatic carbocycles. The van der Waals surface area contributed by atoms with Gasteiger partial charge in [0.25, 0.3) is 5.91 Å². The van der Waals surface area contributed by atoms with E-state index < -0.39 is 0 Å². The van der Waals surface area contributed by atoms with Gasteiger partial charge in [-0.25, -0.2) is 0 Å². The molecule has 0 aliphatic carbocycles. The van der Waals surface area contributed by atoms with Crippen LogP contribution in [0.4, 0.5) is 0 Å². The van der Waals surface area contributed by atoms with Crippen LogP contribution >= 0.6 is 0 Å². The molecule has 1 aliphatic heterocycles. The van der Waals surface area contributed by atoms with Gasteiger partial charge < -0.3 is 4.90 Å². The minimum atomic E-state index is 0.0779. The summed E-state index contributed by atoms with van der Waals surface area (Å²) in [4.78, 5) is 15.0. The predicted molar refractivity (Wildman–Crippen MR) is 109 cm³/mol. The van der Waals surface area contributed by atoms with Gasteiger partial charge in [0.1, 0.15) is 5.82 Å². The first kappa shape index (κ1) is 17.6. The number of piperidine rings is 1. The van der Waals surface area contributed by atoms with Crippen LogP contribution in [0.15, 0.2) is 67.1 Å². The average molecular weight is 386 g/mol. The molecular formula is C22H22N6O. The maximum atomic E-state index is 13.1. The van der Waals surface area contributed by atoms with Crippen LogP contribution in [-0.2, 0) is 6.54 Å². The van der Waals surface area contributed by atoms with Gasteiger partial charge in [-0.3, -0.25) is 13.9 Å². The zero-order chi connectivity index (χ0) is 19.6. The van der Waals surface area contributed by atoms with Crippen molar-refractivity contribution in [3.05, 3.63) is 84.1 Å². The maximum absolute atomic E-state index is 13.1. The number of hydrogen-bond acceptors (Lipinski definition) is 4. The van der Waals surface area contributed by atoms with E-state index in [4.69, 9.17) is 0 Å². The lowest BCUT2D eigenvalue weighted by molar-refractivity contribution is 0.0704. The second-order valence-corrected chi connectivity index (χ2v) is 7.48. The van der Waals surface area contributed by atoms with E-state index in [1.165, 1.54) is 0 Å². The SMILES string of the molecule is O=C(c1ccc(Cn2cccn2)cc1)N1CCCC(c2nnc3ccccn23)C1. The highest BCUT2D eigenvalue weighted by atomic mass is 16.2. The van der Waals surface area contributed by atoms with Gasteiger partial charge >= 0.3 is 0 Å². The van der Waals surface area contributed by atoms with E-state index in [9.17, 15) is 4.79 Å². The van der Waals surface area contributed by atoms with E-state index in [-0.39, 0.29) is 11.8 Å². The van der Waals surface area contributed by atoms with Crippen molar-refractivity contribution in [3.63, 3.8) is 0 Å². The Bertz CT molecular complexity index is 1120. The summed E-state index contributed by atoms with van der Waals surface area (Å²) in [7, 11) is 0. The predicted octanol–water partition coefficient (Wildman–Crippen LogP) is 2.99. The number of carbonyl (C=O) groups excluding carboxylic acids is 1. The third-order valence-corrected chi connectivity index (χ3v) is 5.52. The van der Waals surface area contributed by atoms with E-state index in [1.807, 2.05) is 74.9 Å². The summed E-state index contributed by atoms with van der Waals surface area (Å²) >= 11 is 0. The van der Waals surface area contributed by atoms with Gasteiger partial charge in [0, 0.05) is 43.2 Å². The van der Waals surface area contributed by atoms with Crippen LogP contribution in [0.1, 0.15) is 40.5 Å². The van der Waals surface area contributed by atoms with Crippen molar-refractivity contribution in [1.82, 2.24) is 29.3 Å². The number of fused-ring (bicyclic) bond motifs is 1. The number of benzene rings is 1. The van der Waals surface area contributed by atoms with E-state index in [1.54, 1.807) is 6.20 Å². The summed E-state index contributed by atoms with van der Waals surface area (Å²) in [5.41, 5.74) is 2.69. The molecule has 1 amide bonds. The molecule has 0 saturated carbocycles. The lowest BCUT2D eigenvalue weighted by atomic mass is 9.96. The van der Waals surface area contributed by atoms with Crippen molar-refractivity contribution < 1.29 is 4.79 Å². The van der Waals surface area contributed by atoms with Crippen molar-refractivity contribution in [1.29, 1.82) is 0 Å². The topological polar surface area (TPSA) is 68.3 Å². The zero-order valence-electron chi connectivity index (χ0n) is 16.1. The molecule has 146 valence electrons. The molecule has 3 aromatic heterocycles. The summed E-state index contributed by atoms with van der Waals surface area (Å²) in [6, 6.07) is 15.6. The Morgan fingerprint density at radius 3 is 2.76 bits per heavy atom. The largest absolute Gasteiger partial charge is 0.338 e. The highest BCUT2D eigenvalue weighted by molar-refractivity contribution is 5.94. The second-order valence-electron chi connectivity index (χ2n) is 7.48. The molecule has 1 atom stereocenters. The molecule has 1 aliphatic rings. The summed E-state index contributed by atoms with van der Waals surface area (Å²) in [5.74, 6) is 1.21. The van der Waals surface area contributed by atoms with Crippen molar-refractivity contribution in [3.8, 4) is 0 Å². The fourth-order valence-electron chi connectivity index (χ4n) is 4.03. The van der Waals surface area contributed by atoms with E-state index in [2.05, 4.69) is 15.3 Å². The average Bonchev–Trinajstić information content (AvgIpc) is 3.44. The van der Waals surface area contributed by atoms with Crippen LogP contribution in [0.5, 0.6) is 0 Å². The molecular weight excluding hydrogens is 364 g/mol. The minimum Gasteiger partial charge on any atom is -0.338 e.